The lowest BCUT2D eigenvalue weighted by molar-refractivity contribution is 0.0953. The summed E-state index contributed by atoms with van der Waals surface area (Å²) in [6.07, 6.45) is 1.45. The third-order valence-corrected chi connectivity index (χ3v) is 3.77. The number of hydrogen-bond acceptors (Lipinski definition) is 4. The first-order valence-corrected chi connectivity index (χ1v) is 7.94. The van der Waals surface area contributed by atoms with E-state index in [0.717, 1.165) is 13.1 Å². The van der Waals surface area contributed by atoms with Gasteiger partial charge in [0.15, 0.2) is 0 Å². The Morgan fingerprint density at radius 1 is 1.22 bits per heavy atom. The highest BCUT2D eigenvalue weighted by Gasteiger charge is 2.09. The minimum absolute atomic E-state index is 0.178. The van der Waals surface area contributed by atoms with E-state index in [2.05, 4.69) is 15.6 Å². The van der Waals surface area contributed by atoms with Gasteiger partial charge in [0.1, 0.15) is 10.8 Å². The topological polar surface area (TPSA) is 63.2 Å². The molecular weight excluding hydrogens is 337 g/mol. The van der Waals surface area contributed by atoms with Crippen molar-refractivity contribution in [3.05, 3.63) is 52.1 Å². The number of carbonyl (C=O) groups excluding carboxylic acids is 1. The van der Waals surface area contributed by atoms with Crippen LogP contribution >= 0.6 is 23.2 Å². The van der Waals surface area contributed by atoms with Crippen LogP contribution in [-0.4, -0.2) is 30.5 Å². The van der Waals surface area contributed by atoms with Crippen LogP contribution in [0.1, 0.15) is 17.3 Å². The van der Waals surface area contributed by atoms with Crippen molar-refractivity contribution in [2.24, 2.45) is 0 Å². The first-order valence-electron chi connectivity index (χ1n) is 7.18. The van der Waals surface area contributed by atoms with Gasteiger partial charge in [-0.05, 0) is 24.7 Å². The Bertz CT molecular complexity index is 663. The monoisotopic (exact) mass is 353 g/mol. The summed E-state index contributed by atoms with van der Waals surface area (Å²) in [4.78, 5) is 16.0. The van der Waals surface area contributed by atoms with Crippen LogP contribution in [0, 0.1) is 0 Å². The van der Waals surface area contributed by atoms with Crippen molar-refractivity contribution < 1.29 is 9.53 Å². The number of benzene rings is 1. The fourth-order valence-corrected chi connectivity index (χ4v) is 2.12. The molecule has 1 heterocycles. The van der Waals surface area contributed by atoms with Gasteiger partial charge in [0.05, 0.1) is 10.6 Å². The average molecular weight is 354 g/mol. The van der Waals surface area contributed by atoms with Crippen LogP contribution in [0.3, 0.4) is 0 Å². The Hall–Kier alpha value is -1.82. The summed E-state index contributed by atoms with van der Waals surface area (Å²) < 4.78 is 5.57. The summed E-state index contributed by atoms with van der Waals surface area (Å²) in [7, 11) is 0. The van der Waals surface area contributed by atoms with E-state index in [1.807, 2.05) is 6.92 Å². The number of amides is 1. The second kappa shape index (κ2) is 8.72. The van der Waals surface area contributed by atoms with Gasteiger partial charge in [-0.1, -0.05) is 36.2 Å². The van der Waals surface area contributed by atoms with E-state index >= 15 is 0 Å². The van der Waals surface area contributed by atoms with Crippen LogP contribution in [0.2, 0.25) is 10.0 Å². The molecule has 0 bridgehead atoms. The molecule has 0 atom stereocenters. The van der Waals surface area contributed by atoms with Crippen LogP contribution in [0.25, 0.3) is 0 Å². The van der Waals surface area contributed by atoms with Gasteiger partial charge >= 0.3 is 0 Å². The number of aromatic nitrogens is 1. The SMILES string of the molecule is CCNCCNC(=O)c1ccc(Oc2cccc(Cl)c2Cl)nc1. The van der Waals surface area contributed by atoms with E-state index in [4.69, 9.17) is 27.9 Å². The Labute approximate surface area is 145 Å². The highest BCUT2D eigenvalue weighted by atomic mass is 35.5. The lowest BCUT2D eigenvalue weighted by atomic mass is 10.2. The number of nitrogens with one attached hydrogen (secondary N) is 2. The highest BCUT2D eigenvalue weighted by Crippen LogP contribution is 2.33. The smallest absolute Gasteiger partial charge is 0.252 e. The van der Waals surface area contributed by atoms with Crippen LogP contribution in [0.5, 0.6) is 11.6 Å². The molecule has 1 aromatic carbocycles. The summed E-state index contributed by atoms with van der Waals surface area (Å²) in [5.41, 5.74) is 0.464. The van der Waals surface area contributed by atoms with Gasteiger partial charge in [-0.15, -0.1) is 0 Å². The molecule has 2 rings (SSSR count). The minimum Gasteiger partial charge on any atom is -0.437 e. The van der Waals surface area contributed by atoms with Crippen LogP contribution in [0.15, 0.2) is 36.5 Å². The molecule has 0 aliphatic carbocycles. The Morgan fingerprint density at radius 2 is 2.04 bits per heavy atom. The maximum Gasteiger partial charge on any atom is 0.252 e. The maximum absolute atomic E-state index is 11.9. The molecule has 23 heavy (non-hydrogen) atoms. The molecule has 5 nitrogen and oxygen atoms in total. The molecule has 0 radical (unpaired) electrons. The van der Waals surface area contributed by atoms with Gasteiger partial charge in [0.2, 0.25) is 5.88 Å². The predicted octanol–water partition coefficient (Wildman–Crippen LogP) is 3.52. The van der Waals surface area contributed by atoms with Gasteiger partial charge in [0, 0.05) is 25.4 Å². The molecular formula is C16H17Cl2N3O2. The molecule has 2 aromatic rings. The summed E-state index contributed by atoms with van der Waals surface area (Å²) >= 11 is 12.0. The average Bonchev–Trinajstić information content (AvgIpc) is 2.56. The van der Waals surface area contributed by atoms with Gasteiger partial charge in [0.25, 0.3) is 5.91 Å². The minimum atomic E-state index is -0.178. The van der Waals surface area contributed by atoms with Crippen LogP contribution in [0.4, 0.5) is 0 Å². The van der Waals surface area contributed by atoms with E-state index in [9.17, 15) is 4.79 Å². The standard InChI is InChI=1S/C16H17Cl2N3O2/c1-2-19-8-9-20-16(22)11-6-7-14(21-10-11)23-13-5-3-4-12(17)15(13)18/h3-7,10,19H,2,8-9H2,1H3,(H,20,22). The summed E-state index contributed by atoms with van der Waals surface area (Å²) in [6.45, 7) is 4.17. The van der Waals surface area contributed by atoms with E-state index in [0.29, 0.717) is 33.8 Å². The van der Waals surface area contributed by atoms with Crippen molar-refractivity contribution in [1.82, 2.24) is 15.6 Å². The molecule has 1 aromatic heterocycles. The summed E-state index contributed by atoms with van der Waals surface area (Å²) in [6, 6.07) is 8.35. The first kappa shape index (κ1) is 17.5. The quantitative estimate of drug-likeness (QED) is 0.747. The number of pyridine rings is 1. The normalized spacial score (nSPS) is 10.4. The Morgan fingerprint density at radius 3 is 2.74 bits per heavy atom. The third kappa shape index (κ3) is 5.10. The largest absolute Gasteiger partial charge is 0.437 e. The summed E-state index contributed by atoms with van der Waals surface area (Å²) in [5, 5.41) is 6.65. The lowest BCUT2D eigenvalue weighted by Crippen LogP contribution is -2.31. The van der Waals surface area contributed by atoms with Gasteiger partial charge < -0.3 is 15.4 Å². The molecule has 0 aliphatic rings. The molecule has 0 unspecified atom stereocenters. The maximum atomic E-state index is 11.9. The van der Waals surface area contributed by atoms with E-state index in [-0.39, 0.29) is 5.91 Å². The third-order valence-electron chi connectivity index (χ3n) is 2.97. The Balaban J connectivity index is 1.96. The number of nitrogens with zero attached hydrogens (tertiary/aromatic N) is 1. The number of hydrogen-bond donors (Lipinski definition) is 2. The predicted molar refractivity (Wildman–Crippen MR) is 91.6 cm³/mol. The second-order valence-electron chi connectivity index (χ2n) is 4.65. The summed E-state index contributed by atoms with van der Waals surface area (Å²) in [5.74, 6) is 0.565. The molecule has 2 N–H and O–H groups in total. The van der Waals surface area contributed by atoms with Crippen LogP contribution < -0.4 is 15.4 Å². The fraction of sp³-hybridized carbons (Fsp3) is 0.250. The van der Waals surface area contributed by atoms with Gasteiger partial charge in [-0.25, -0.2) is 4.98 Å². The van der Waals surface area contributed by atoms with Crippen molar-refractivity contribution >= 4 is 29.1 Å². The zero-order chi connectivity index (χ0) is 16.7. The van der Waals surface area contributed by atoms with Crippen LogP contribution in [-0.2, 0) is 0 Å². The number of halogens is 2. The molecule has 1 amide bonds. The molecule has 0 saturated heterocycles. The van der Waals surface area contributed by atoms with Crippen molar-refractivity contribution in [3.63, 3.8) is 0 Å². The van der Waals surface area contributed by atoms with E-state index in [1.54, 1.807) is 30.3 Å². The second-order valence-corrected chi connectivity index (χ2v) is 5.43. The van der Waals surface area contributed by atoms with Crippen molar-refractivity contribution in [1.29, 1.82) is 0 Å². The molecule has 0 fully saturated rings. The molecule has 0 spiro atoms. The fourth-order valence-electron chi connectivity index (χ4n) is 1.79. The molecule has 122 valence electrons. The molecule has 7 heteroatoms. The van der Waals surface area contributed by atoms with E-state index in [1.165, 1.54) is 6.20 Å². The number of likely N-dealkylation sites (N-methyl/N-ethyl adjacent to an activating group) is 1. The zero-order valence-corrected chi connectivity index (χ0v) is 14.1. The van der Waals surface area contributed by atoms with Crippen molar-refractivity contribution in [2.75, 3.05) is 19.6 Å². The first-order chi connectivity index (χ1) is 11.1. The number of ether oxygens (including phenoxy) is 1. The van der Waals surface area contributed by atoms with Crippen molar-refractivity contribution in [3.8, 4) is 11.6 Å². The Kier molecular flexibility index (Phi) is 6.65. The molecule has 0 aliphatic heterocycles. The lowest BCUT2D eigenvalue weighted by Gasteiger charge is -2.08. The van der Waals surface area contributed by atoms with Gasteiger partial charge in [-0.3, -0.25) is 4.79 Å². The van der Waals surface area contributed by atoms with Crippen molar-refractivity contribution in [2.45, 2.75) is 6.92 Å². The highest BCUT2D eigenvalue weighted by molar-refractivity contribution is 6.42. The molecule has 0 saturated carbocycles. The zero-order valence-electron chi connectivity index (χ0n) is 12.6. The van der Waals surface area contributed by atoms with E-state index < -0.39 is 0 Å². The number of rotatable bonds is 7. The number of carbonyl (C=O) groups is 1. The van der Waals surface area contributed by atoms with Gasteiger partial charge in [-0.2, -0.15) is 0 Å².